The van der Waals surface area contributed by atoms with E-state index in [0.29, 0.717) is 11.5 Å². The van der Waals surface area contributed by atoms with Crippen molar-refractivity contribution < 1.29 is 4.79 Å². The van der Waals surface area contributed by atoms with E-state index in [-0.39, 0.29) is 18.5 Å². The zero-order chi connectivity index (χ0) is 14.4. The Morgan fingerprint density at radius 3 is 2.68 bits per heavy atom. The van der Waals surface area contributed by atoms with Gasteiger partial charge in [-0.25, -0.2) is 0 Å². The summed E-state index contributed by atoms with van der Waals surface area (Å²) in [5.41, 5.74) is 1.46. The van der Waals surface area contributed by atoms with Gasteiger partial charge in [-0.1, -0.05) is 19.9 Å². The summed E-state index contributed by atoms with van der Waals surface area (Å²) < 4.78 is 0. The zero-order valence-corrected chi connectivity index (χ0v) is 12.0. The molecule has 1 amide bonds. The second-order valence-corrected chi connectivity index (χ2v) is 5.12. The molecule has 4 heteroatoms. The van der Waals surface area contributed by atoms with Crippen molar-refractivity contribution in [1.29, 1.82) is 5.26 Å². The van der Waals surface area contributed by atoms with Crippen LogP contribution in [0.15, 0.2) is 24.3 Å². The smallest absolute Gasteiger partial charge is 0.239 e. The SMILES string of the molecule is CC(C)C(C)NC(=O)CN(C)c1cccc(C#N)c1. The zero-order valence-electron chi connectivity index (χ0n) is 12.0. The van der Waals surface area contributed by atoms with Crippen molar-refractivity contribution in [3.05, 3.63) is 29.8 Å². The van der Waals surface area contributed by atoms with Crippen LogP contribution in [0.4, 0.5) is 5.69 Å². The molecule has 0 aliphatic rings. The van der Waals surface area contributed by atoms with Crippen molar-refractivity contribution >= 4 is 11.6 Å². The van der Waals surface area contributed by atoms with E-state index in [4.69, 9.17) is 5.26 Å². The minimum atomic E-state index is -0.00828. The van der Waals surface area contributed by atoms with E-state index < -0.39 is 0 Å². The summed E-state index contributed by atoms with van der Waals surface area (Å²) in [4.78, 5) is 13.7. The first-order valence-electron chi connectivity index (χ1n) is 6.44. The number of likely N-dealkylation sites (N-methyl/N-ethyl adjacent to an activating group) is 1. The Kier molecular flexibility index (Phi) is 5.37. The van der Waals surface area contributed by atoms with Gasteiger partial charge in [-0.2, -0.15) is 5.26 Å². The largest absolute Gasteiger partial charge is 0.365 e. The van der Waals surface area contributed by atoms with E-state index >= 15 is 0 Å². The second kappa shape index (κ2) is 6.79. The van der Waals surface area contributed by atoms with Crippen LogP contribution < -0.4 is 10.2 Å². The number of anilines is 1. The lowest BCUT2D eigenvalue weighted by Gasteiger charge is -2.22. The first-order valence-corrected chi connectivity index (χ1v) is 6.44. The Bertz CT molecular complexity index is 477. The van der Waals surface area contributed by atoms with E-state index in [2.05, 4.69) is 25.2 Å². The van der Waals surface area contributed by atoms with Gasteiger partial charge in [0.2, 0.25) is 5.91 Å². The van der Waals surface area contributed by atoms with Crippen molar-refractivity contribution in [3.8, 4) is 6.07 Å². The summed E-state index contributed by atoms with van der Waals surface area (Å²) in [7, 11) is 1.84. The fourth-order valence-electron chi connectivity index (χ4n) is 1.59. The van der Waals surface area contributed by atoms with Gasteiger partial charge in [0.05, 0.1) is 18.2 Å². The second-order valence-electron chi connectivity index (χ2n) is 5.12. The van der Waals surface area contributed by atoms with Crippen LogP contribution in [0.2, 0.25) is 0 Å². The number of nitrogens with one attached hydrogen (secondary N) is 1. The molecule has 1 aromatic rings. The summed E-state index contributed by atoms with van der Waals surface area (Å²) in [6.45, 7) is 6.43. The maximum atomic E-state index is 11.9. The topological polar surface area (TPSA) is 56.1 Å². The summed E-state index contributed by atoms with van der Waals surface area (Å²) in [6, 6.07) is 9.49. The summed E-state index contributed by atoms with van der Waals surface area (Å²) in [5.74, 6) is 0.405. The molecule has 0 saturated heterocycles. The van der Waals surface area contributed by atoms with Gasteiger partial charge >= 0.3 is 0 Å². The third kappa shape index (κ3) is 4.63. The first kappa shape index (κ1) is 15.0. The minimum absolute atomic E-state index is 0.00828. The van der Waals surface area contributed by atoms with Crippen LogP contribution in [0.3, 0.4) is 0 Å². The Morgan fingerprint density at radius 1 is 1.42 bits per heavy atom. The molecule has 19 heavy (non-hydrogen) atoms. The van der Waals surface area contributed by atoms with Gasteiger partial charge in [-0.15, -0.1) is 0 Å². The van der Waals surface area contributed by atoms with Crippen LogP contribution in [0, 0.1) is 17.2 Å². The normalized spacial score (nSPS) is 11.8. The van der Waals surface area contributed by atoms with E-state index in [1.54, 1.807) is 12.1 Å². The van der Waals surface area contributed by atoms with Crippen molar-refractivity contribution in [2.75, 3.05) is 18.5 Å². The van der Waals surface area contributed by atoms with Gasteiger partial charge in [0.1, 0.15) is 0 Å². The van der Waals surface area contributed by atoms with Gasteiger partial charge in [-0.3, -0.25) is 4.79 Å². The van der Waals surface area contributed by atoms with Crippen molar-refractivity contribution in [3.63, 3.8) is 0 Å². The van der Waals surface area contributed by atoms with Crippen LogP contribution in [-0.4, -0.2) is 25.5 Å². The molecule has 1 aromatic carbocycles. The number of nitriles is 1. The van der Waals surface area contributed by atoms with Crippen molar-refractivity contribution in [1.82, 2.24) is 5.32 Å². The monoisotopic (exact) mass is 259 g/mol. The van der Waals surface area contributed by atoms with Gasteiger partial charge in [0.25, 0.3) is 0 Å². The molecule has 1 unspecified atom stereocenters. The lowest BCUT2D eigenvalue weighted by molar-refractivity contribution is -0.120. The number of amides is 1. The molecule has 0 saturated carbocycles. The van der Waals surface area contributed by atoms with Crippen molar-refractivity contribution in [2.24, 2.45) is 5.92 Å². The average molecular weight is 259 g/mol. The number of carbonyl (C=O) groups excluding carboxylic acids is 1. The molecule has 0 radical (unpaired) electrons. The maximum absolute atomic E-state index is 11.9. The van der Waals surface area contributed by atoms with Crippen LogP contribution in [-0.2, 0) is 4.79 Å². The minimum Gasteiger partial charge on any atom is -0.365 e. The van der Waals surface area contributed by atoms with Gasteiger partial charge in [0, 0.05) is 18.8 Å². The molecule has 0 aromatic heterocycles. The number of hydrogen-bond donors (Lipinski definition) is 1. The Morgan fingerprint density at radius 2 is 2.11 bits per heavy atom. The molecule has 1 rings (SSSR count). The lowest BCUT2D eigenvalue weighted by atomic mass is 10.1. The molecular formula is C15H21N3O. The van der Waals surface area contributed by atoms with E-state index in [9.17, 15) is 4.79 Å². The summed E-state index contributed by atoms with van der Waals surface area (Å²) >= 11 is 0. The molecule has 1 atom stereocenters. The fraction of sp³-hybridized carbons (Fsp3) is 0.467. The maximum Gasteiger partial charge on any atom is 0.239 e. The number of hydrogen-bond acceptors (Lipinski definition) is 3. The highest BCUT2D eigenvalue weighted by atomic mass is 16.2. The third-order valence-corrected chi connectivity index (χ3v) is 3.19. The predicted octanol–water partition coefficient (Wildman–Crippen LogP) is 2.16. The van der Waals surface area contributed by atoms with E-state index in [1.165, 1.54) is 0 Å². The van der Waals surface area contributed by atoms with Gasteiger partial charge in [-0.05, 0) is 31.0 Å². The summed E-state index contributed by atoms with van der Waals surface area (Å²) in [5, 5.41) is 11.8. The molecular weight excluding hydrogens is 238 g/mol. The molecule has 0 spiro atoms. The van der Waals surface area contributed by atoms with Crippen LogP contribution in [0.1, 0.15) is 26.3 Å². The van der Waals surface area contributed by atoms with Crippen LogP contribution in [0.5, 0.6) is 0 Å². The van der Waals surface area contributed by atoms with E-state index in [0.717, 1.165) is 5.69 Å². The Labute approximate surface area is 115 Å². The molecule has 1 N–H and O–H groups in total. The third-order valence-electron chi connectivity index (χ3n) is 3.19. The van der Waals surface area contributed by atoms with Crippen LogP contribution >= 0.6 is 0 Å². The van der Waals surface area contributed by atoms with Gasteiger partial charge < -0.3 is 10.2 Å². The first-order chi connectivity index (χ1) is 8.93. The molecule has 0 bridgehead atoms. The van der Waals surface area contributed by atoms with Gasteiger partial charge in [0.15, 0.2) is 0 Å². The highest BCUT2D eigenvalue weighted by Gasteiger charge is 2.13. The molecule has 0 aliphatic heterocycles. The predicted molar refractivity (Wildman–Crippen MR) is 76.9 cm³/mol. The Hall–Kier alpha value is -2.02. The Balaban J connectivity index is 2.61. The number of nitrogens with zero attached hydrogens (tertiary/aromatic N) is 2. The average Bonchev–Trinajstić information content (AvgIpc) is 2.38. The van der Waals surface area contributed by atoms with E-state index in [1.807, 2.05) is 31.0 Å². The molecule has 4 nitrogen and oxygen atoms in total. The molecule has 0 heterocycles. The van der Waals surface area contributed by atoms with Crippen LogP contribution in [0.25, 0.3) is 0 Å². The lowest BCUT2D eigenvalue weighted by Crippen LogP contribution is -2.41. The molecule has 102 valence electrons. The summed E-state index contributed by atoms with van der Waals surface area (Å²) in [6.07, 6.45) is 0. The fourth-order valence-corrected chi connectivity index (χ4v) is 1.59. The van der Waals surface area contributed by atoms with Crippen molar-refractivity contribution in [2.45, 2.75) is 26.8 Å². The number of carbonyl (C=O) groups is 1. The molecule has 0 aliphatic carbocycles. The standard InChI is InChI=1S/C15H21N3O/c1-11(2)12(3)17-15(19)10-18(4)14-7-5-6-13(8-14)9-16/h5-8,11-12H,10H2,1-4H3,(H,17,19). The molecule has 0 fully saturated rings. The number of benzene rings is 1. The highest BCUT2D eigenvalue weighted by Crippen LogP contribution is 2.13. The quantitative estimate of drug-likeness (QED) is 0.881. The number of rotatable bonds is 5. The highest BCUT2D eigenvalue weighted by molar-refractivity contribution is 5.81.